The van der Waals surface area contributed by atoms with Crippen LogP contribution in [0.5, 0.6) is 0 Å². The number of amides is 2. The molecule has 1 aliphatic heterocycles. The molecule has 0 unspecified atom stereocenters. The van der Waals surface area contributed by atoms with Crippen molar-refractivity contribution in [3.8, 4) is 0 Å². The molecule has 0 aromatic carbocycles. The second kappa shape index (κ2) is 4.64. The van der Waals surface area contributed by atoms with E-state index in [1.807, 2.05) is 0 Å². The summed E-state index contributed by atoms with van der Waals surface area (Å²) in [6, 6.07) is 0. The van der Waals surface area contributed by atoms with E-state index in [1.54, 1.807) is 4.90 Å². The van der Waals surface area contributed by atoms with Crippen LogP contribution >= 0.6 is 0 Å². The van der Waals surface area contributed by atoms with Crippen LogP contribution in [0.15, 0.2) is 0 Å². The summed E-state index contributed by atoms with van der Waals surface area (Å²) in [6.45, 7) is 1.23. The second-order valence-corrected chi connectivity index (χ2v) is 4.56. The summed E-state index contributed by atoms with van der Waals surface area (Å²) in [5, 5.41) is 2.57. The number of nitrogens with one attached hydrogen (secondary N) is 1. The van der Waals surface area contributed by atoms with E-state index in [-0.39, 0.29) is 24.9 Å². The third kappa shape index (κ3) is 2.70. The largest absolute Gasteiger partial charge is 0.345 e. The predicted octanol–water partition coefficient (Wildman–Crippen LogP) is 0.525. The molecule has 84 valence electrons. The van der Waals surface area contributed by atoms with Crippen LogP contribution in [0.2, 0.25) is 0 Å². The van der Waals surface area contributed by atoms with Gasteiger partial charge in [0, 0.05) is 6.54 Å². The molecule has 2 aliphatic rings. The maximum absolute atomic E-state index is 11.5. The molecule has 0 spiro atoms. The Labute approximate surface area is 90.0 Å². The summed E-state index contributed by atoms with van der Waals surface area (Å²) < 4.78 is 0. The molecule has 2 rings (SSSR count). The number of carbonyl (C=O) groups is 2. The molecule has 15 heavy (non-hydrogen) atoms. The van der Waals surface area contributed by atoms with Gasteiger partial charge >= 0.3 is 0 Å². The molecule has 0 aromatic heterocycles. The highest BCUT2D eigenvalue weighted by Crippen LogP contribution is 2.24. The zero-order valence-corrected chi connectivity index (χ0v) is 9.00. The number of carbonyl (C=O) groups excluding carboxylic acids is 2. The normalized spacial score (nSPS) is 24.1. The van der Waals surface area contributed by atoms with Gasteiger partial charge in [-0.1, -0.05) is 19.3 Å². The number of rotatable bonds is 2. The fourth-order valence-electron chi connectivity index (χ4n) is 2.45. The van der Waals surface area contributed by atoms with Crippen LogP contribution in [0, 0.1) is 5.92 Å². The van der Waals surface area contributed by atoms with E-state index in [2.05, 4.69) is 5.32 Å². The average molecular weight is 210 g/mol. The molecule has 0 radical (unpaired) electrons. The summed E-state index contributed by atoms with van der Waals surface area (Å²) in [4.78, 5) is 24.4. The Morgan fingerprint density at radius 1 is 1.20 bits per heavy atom. The Morgan fingerprint density at radius 3 is 2.67 bits per heavy atom. The van der Waals surface area contributed by atoms with E-state index in [1.165, 1.54) is 32.1 Å². The Hall–Kier alpha value is -1.06. The smallest absolute Gasteiger partial charge is 0.242 e. The minimum atomic E-state index is -0.0228. The molecular weight excluding hydrogens is 192 g/mol. The zero-order valence-electron chi connectivity index (χ0n) is 9.00. The quantitative estimate of drug-likeness (QED) is 0.722. The first kappa shape index (κ1) is 10.5. The lowest BCUT2D eigenvalue weighted by Gasteiger charge is -2.31. The Morgan fingerprint density at radius 2 is 1.93 bits per heavy atom. The van der Waals surface area contributed by atoms with Crippen LogP contribution in [0.3, 0.4) is 0 Å². The van der Waals surface area contributed by atoms with Crippen molar-refractivity contribution in [1.29, 1.82) is 0 Å². The highest BCUT2D eigenvalue weighted by molar-refractivity contribution is 5.92. The van der Waals surface area contributed by atoms with Gasteiger partial charge in [-0.25, -0.2) is 0 Å². The van der Waals surface area contributed by atoms with Crippen LogP contribution in [0.25, 0.3) is 0 Å². The highest BCUT2D eigenvalue weighted by Gasteiger charge is 2.26. The van der Waals surface area contributed by atoms with Crippen LogP contribution in [0.4, 0.5) is 0 Å². The number of hydrogen-bond donors (Lipinski definition) is 1. The Bertz CT molecular complexity index is 259. The lowest BCUT2D eigenvalue weighted by Crippen LogP contribution is -2.52. The molecule has 2 fully saturated rings. The summed E-state index contributed by atoms with van der Waals surface area (Å²) in [5.41, 5.74) is 0. The van der Waals surface area contributed by atoms with Gasteiger partial charge in [0.25, 0.3) is 0 Å². The van der Waals surface area contributed by atoms with E-state index in [9.17, 15) is 9.59 Å². The molecule has 1 heterocycles. The molecule has 1 saturated heterocycles. The van der Waals surface area contributed by atoms with Crippen molar-refractivity contribution in [2.24, 2.45) is 5.92 Å². The second-order valence-electron chi connectivity index (χ2n) is 4.56. The van der Waals surface area contributed by atoms with Crippen LogP contribution in [0.1, 0.15) is 32.1 Å². The Balaban J connectivity index is 1.85. The summed E-state index contributed by atoms with van der Waals surface area (Å²) >= 11 is 0. The van der Waals surface area contributed by atoms with Crippen molar-refractivity contribution in [1.82, 2.24) is 10.2 Å². The zero-order chi connectivity index (χ0) is 10.7. The van der Waals surface area contributed by atoms with Crippen LogP contribution < -0.4 is 5.32 Å². The van der Waals surface area contributed by atoms with Crippen molar-refractivity contribution in [3.63, 3.8) is 0 Å². The van der Waals surface area contributed by atoms with Gasteiger partial charge in [-0.2, -0.15) is 0 Å². The molecule has 1 N–H and O–H groups in total. The fraction of sp³-hybridized carbons (Fsp3) is 0.818. The van der Waals surface area contributed by atoms with Gasteiger partial charge in [-0.05, 0) is 18.8 Å². The van der Waals surface area contributed by atoms with Gasteiger partial charge in [0.15, 0.2) is 0 Å². The van der Waals surface area contributed by atoms with Crippen molar-refractivity contribution in [3.05, 3.63) is 0 Å². The fourth-order valence-corrected chi connectivity index (χ4v) is 2.45. The summed E-state index contributed by atoms with van der Waals surface area (Å²) in [6.07, 6.45) is 6.31. The van der Waals surface area contributed by atoms with Crippen LogP contribution in [-0.4, -0.2) is 36.3 Å². The number of piperazine rings is 1. The van der Waals surface area contributed by atoms with Crippen molar-refractivity contribution >= 4 is 11.8 Å². The topological polar surface area (TPSA) is 49.4 Å². The van der Waals surface area contributed by atoms with Gasteiger partial charge in [-0.15, -0.1) is 0 Å². The predicted molar refractivity (Wildman–Crippen MR) is 56.2 cm³/mol. The lowest BCUT2D eigenvalue weighted by molar-refractivity contribution is -0.141. The summed E-state index contributed by atoms with van der Waals surface area (Å²) in [7, 11) is 0. The molecule has 2 amide bonds. The molecular formula is C11H18N2O2. The average Bonchev–Trinajstić information content (AvgIpc) is 2.25. The number of nitrogens with zero attached hydrogens (tertiary/aromatic N) is 1. The van der Waals surface area contributed by atoms with Crippen molar-refractivity contribution < 1.29 is 9.59 Å². The monoisotopic (exact) mass is 210 g/mol. The first-order chi connectivity index (χ1) is 7.25. The van der Waals surface area contributed by atoms with Gasteiger partial charge in [0.05, 0.1) is 13.1 Å². The molecule has 4 nitrogen and oxygen atoms in total. The minimum absolute atomic E-state index is 0.0228. The highest BCUT2D eigenvalue weighted by atomic mass is 16.2. The van der Waals surface area contributed by atoms with Gasteiger partial charge in [0.1, 0.15) is 0 Å². The third-order valence-corrected chi connectivity index (χ3v) is 3.33. The molecule has 0 aromatic rings. The molecule has 0 bridgehead atoms. The molecule has 4 heteroatoms. The first-order valence-corrected chi connectivity index (χ1v) is 5.80. The van der Waals surface area contributed by atoms with E-state index < -0.39 is 0 Å². The summed E-state index contributed by atoms with van der Waals surface area (Å²) in [5.74, 6) is 0.666. The van der Waals surface area contributed by atoms with Crippen LogP contribution in [-0.2, 0) is 9.59 Å². The maximum Gasteiger partial charge on any atom is 0.242 e. The van der Waals surface area contributed by atoms with Gasteiger partial charge in [-0.3, -0.25) is 9.59 Å². The molecule has 1 saturated carbocycles. The molecule has 0 atom stereocenters. The van der Waals surface area contributed by atoms with Crippen molar-refractivity contribution in [2.75, 3.05) is 19.6 Å². The van der Waals surface area contributed by atoms with Crippen molar-refractivity contribution in [2.45, 2.75) is 32.1 Å². The SMILES string of the molecule is O=C1CN(CC2CCCCC2)C(=O)CN1. The molecule has 1 aliphatic carbocycles. The number of hydrogen-bond acceptors (Lipinski definition) is 2. The first-order valence-electron chi connectivity index (χ1n) is 5.80. The van der Waals surface area contributed by atoms with E-state index >= 15 is 0 Å². The standard InChI is InChI=1S/C11H18N2O2/c14-10-8-13(11(15)6-12-10)7-9-4-2-1-3-5-9/h9H,1-8H2,(H,12,14). The minimum Gasteiger partial charge on any atom is -0.345 e. The van der Waals surface area contributed by atoms with E-state index in [0.717, 1.165) is 6.54 Å². The van der Waals surface area contributed by atoms with E-state index in [0.29, 0.717) is 5.92 Å². The van der Waals surface area contributed by atoms with Gasteiger partial charge in [0.2, 0.25) is 11.8 Å². The third-order valence-electron chi connectivity index (χ3n) is 3.33. The lowest BCUT2D eigenvalue weighted by atomic mass is 9.89. The maximum atomic E-state index is 11.5. The van der Waals surface area contributed by atoms with E-state index in [4.69, 9.17) is 0 Å². The Kier molecular flexibility index (Phi) is 3.23. The van der Waals surface area contributed by atoms with Gasteiger partial charge < -0.3 is 10.2 Å².